The highest BCUT2D eigenvalue weighted by Gasteiger charge is 2.19. The van der Waals surface area contributed by atoms with Gasteiger partial charge in [-0.1, -0.05) is 6.92 Å². The molecule has 116 valence electrons. The molecular weight excluding hydrogens is 282 g/mol. The standard InChI is InChI=1S/C15H19N5O2/c1-4-10-13(17-2)18-15(16)19-14(10)20(3)9-5-6-11-12(7-9)22-8-21-11/h5-7H,4,8H2,1-3H3,(H3,16,17,18,19). The van der Waals surface area contributed by atoms with Crippen LogP contribution >= 0.6 is 0 Å². The minimum Gasteiger partial charge on any atom is -0.454 e. The number of nitrogens with one attached hydrogen (secondary N) is 1. The highest BCUT2D eigenvalue weighted by Crippen LogP contribution is 2.38. The zero-order chi connectivity index (χ0) is 15.7. The maximum atomic E-state index is 5.83. The number of nitrogen functional groups attached to an aromatic ring is 1. The molecule has 1 aromatic carbocycles. The first-order chi connectivity index (χ1) is 10.6. The number of aromatic nitrogens is 2. The number of benzene rings is 1. The van der Waals surface area contributed by atoms with Crippen LogP contribution in [0, 0.1) is 0 Å². The van der Waals surface area contributed by atoms with E-state index in [1.54, 1.807) is 0 Å². The highest BCUT2D eigenvalue weighted by atomic mass is 16.7. The molecule has 2 aromatic rings. The van der Waals surface area contributed by atoms with Gasteiger partial charge in [0.25, 0.3) is 0 Å². The fraction of sp³-hybridized carbons (Fsp3) is 0.333. The summed E-state index contributed by atoms with van der Waals surface area (Å²) in [5.74, 6) is 3.25. The number of hydrogen-bond acceptors (Lipinski definition) is 7. The molecule has 3 rings (SSSR count). The molecule has 0 aliphatic carbocycles. The Hall–Kier alpha value is -2.70. The number of rotatable bonds is 4. The molecule has 2 heterocycles. The number of ether oxygens (including phenoxy) is 2. The number of nitrogens with two attached hydrogens (primary N) is 1. The van der Waals surface area contributed by atoms with Crippen molar-refractivity contribution in [3.63, 3.8) is 0 Å². The van der Waals surface area contributed by atoms with E-state index in [9.17, 15) is 0 Å². The molecule has 1 aliphatic heterocycles. The number of nitrogens with zero attached hydrogens (tertiary/aromatic N) is 3. The van der Waals surface area contributed by atoms with Crippen molar-refractivity contribution in [3.05, 3.63) is 23.8 Å². The van der Waals surface area contributed by atoms with E-state index in [-0.39, 0.29) is 12.7 Å². The molecule has 3 N–H and O–H groups in total. The summed E-state index contributed by atoms with van der Waals surface area (Å²) in [6, 6.07) is 5.78. The summed E-state index contributed by atoms with van der Waals surface area (Å²) in [5, 5.41) is 3.07. The van der Waals surface area contributed by atoms with Gasteiger partial charge in [0, 0.05) is 31.4 Å². The van der Waals surface area contributed by atoms with Crippen molar-refractivity contribution in [1.29, 1.82) is 0 Å². The Morgan fingerprint density at radius 2 is 2.05 bits per heavy atom. The molecule has 0 fully saturated rings. The predicted octanol–water partition coefficient (Wildman–Crippen LogP) is 2.16. The van der Waals surface area contributed by atoms with Crippen LogP contribution in [0.15, 0.2) is 18.2 Å². The molecule has 1 aliphatic rings. The monoisotopic (exact) mass is 301 g/mol. The van der Waals surface area contributed by atoms with E-state index in [1.807, 2.05) is 37.2 Å². The third-order valence-corrected chi connectivity index (χ3v) is 3.65. The summed E-state index contributed by atoms with van der Waals surface area (Å²) in [7, 11) is 3.77. The quantitative estimate of drug-likeness (QED) is 0.895. The first-order valence-corrected chi connectivity index (χ1v) is 7.11. The minimum absolute atomic E-state index is 0.240. The van der Waals surface area contributed by atoms with E-state index in [4.69, 9.17) is 15.2 Å². The first kappa shape index (κ1) is 14.2. The van der Waals surface area contributed by atoms with Gasteiger partial charge in [0.05, 0.1) is 0 Å². The summed E-state index contributed by atoms with van der Waals surface area (Å²) in [5.41, 5.74) is 7.79. The van der Waals surface area contributed by atoms with Gasteiger partial charge >= 0.3 is 0 Å². The van der Waals surface area contributed by atoms with Crippen molar-refractivity contribution < 1.29 is 9.47 Å². The van der Waals surface area contributed by atoms with Crippen LogP contribution in [0.5, 0.6) is 11.5 Å². The molecule has 7 heteroatoms. The van der Waals surface area contributed by atoms with Crippen LogP contribution in [0.1, 0.15) is 12.5 Å². The summed E-state index contributed by atoms with van der Waals surface area (Å²) >= 11 is 0. The lowest BCUT2D eigenvalue weighted by atomic mass is 10.2. The number of hydrogen-bond donors (Lipinski definition) is 2. The van der Waals surface area contributed by atoms with Gasteiger partial charge in [0.15, 0.2) is 11.5 Å². The fourth-order valence-electron chi connectivity index (χ4n) is 2.51. The minimum atomic E-state index is 0.240. The van der Waals surface area contributed by atoms with Crippen LogP contribution in [-0.4, -0.2) is 30.9 Å². The third kappa shape index (κ3) is 2.34. The van der Waals surface area contributed by atoms with Crippen LogP contribution in [0.2, 0.25) is 0 Å². The van der Waals surface area contributed by atoms with Gasteiger partial charge in [-0.2, -0.15) is 9.97 Å². The Bertz CT molecular complexity index is 705. The van der Waals surface area contributed by atoms with Crippen LogP contribution in [0.3, 0.4) is 0 Å². The Balaban J connectivity index is 2.05. The zero-order valence-electron chi connectivity index (χ0n) is 12.9. The van der Waals surface area contributed by atoms with Gasteiger partial charge in [-0.15, -0.1) is 0 Å². The SMILES string of the molecule is CCc1c(NC)nc(N)nc1N(C)c1ccc2c(c1)OCO2. The second-order valence-electron chi connectivity index (χ2n) is 4.93. The smallest absolute Gasteiger partial charge is 0.231 e. The van der Waals surface area contributed by atoms with Gasteiger partial charge in [0.1, 0.15) is 11.6 Å². The summed E-state index contributed by atoms with van der Waals surface area (Å²) in [6.45, 7) is 2.32. The lowest BCUT2D eigenvalue weighted by molar-refractivity contribution is 0.174. The maximum Gasteiger partial charge on any atom is 0.231 e. The molecule has 0 radical (unpaired) electrons. The molecule has 0 spiro atoms. The second-order valence-corrected chi connectivity index (χ2v) is 4.93. The van der Waals surface area contributed by atoms with Crippen molar-refractivity contribution in [1.82, 2.24) is 9.97 Å². The Morgan fingerprint density at radius 3 is 2.77 bits per heavy atom. The van der Waals surface area contributed by atoms with Crippen LogP contribution in [-0.2, 0) is 6.42 Å². The van der Waals surface area contributed by atoms with Gasteiger partial charge in [0.2, 0.25) is 12.7 Å². The molecule has 0 saturated heterocycles. The summed E-state index contributed by atoms with van der Waals surface area (Å²) in [4.78, 5) is 10.6. The van der Waals surface area contributed by atoms with E-state index < -0.39 is 0 Å². The average molecular weight is 301 g/mol. The fourth-order valence-corrected chi connectivity index (χ4v) is 2.51. The molecule has 22 heavy (non-hydrogen) atoms. The largest absolute Gasteiger partial charge is 0.454 e. The Labute approximate surface area is 129 Å². The number of fused-ring (bicyclic) bond motifs is 1. The van der Waals surface area contributed by atoms with Gasteiger partial charge < -0.3 is 25.4 Å². The van der Waals surface area contributed by atoms with Crippen LogP contribution < -0.4 is 25.4 Å². The Kier molecular flexibility index (Phi) is 3.62. The van der Waals surface area contributed by atoms with E-state index in [2.05, 4.69) is 22.2 Å². The predicted molar refractivity (Wildman–Crippen MR) is 86.0 cm³/mol. The van der Waals surface area contributed by atoms with E-state index >= 15 is 0 Å². The summed E-state index contributed by atoms with van der Waals surface area (Å²) in [6.07, 6.45) is 0.792. The highest BCUT2D eigenvalue weighted by molar-refractivity contribution is 5.70. The average Bonchev–Trinajstić information content (AvgIpc) is 3.00. The molecule has 0 unspecified atom stereocenters. The number of anilines is 4. The van der Waals surface area contributed by atoms with E-state index in [0.717, 1.165) is 40.8 Å². The van der Waals surface area contributed by atoms with Gasteiger partial charge in [-0.3, -0.25) is 0 Å². The van der Waals surface area contributed by atoms with E-state index in [1.165, 1.54) is 0 Å². The molecule has 0 bridgehead atoms. The molecule has 0 atom stereocenters. The lowest BCUT2D eigenvalue weighted by Crippen LogP contribution is -2.17. The van der Waals surface area contributed by atoms with E-state index in [0.29, 0.717) is 0 Å². The molecular formula is C15H19N5O2. The van der Waals surface area contributed by atoms with Crippen molar-refractivity contribution in [2.45, 2.75) is 13.3 Å². The second kappa shape index (κ2) is 5.59. The molecule has 0 saturated carbocycles. The topological polar surface area (TPSA) is 85.5 Å². The van der Waals surface area contributed by atoms with Gasteiger partial charge in [-0.05, 0) is 18.6 Å². The third-order valence-electron chi connectivity index (χ3n) is 3.65. The summed E-state index contributed by atoms with van der Waals surface area (Å²) < 4.78 is 10.8. The van der Waals surface area contributed by atoms with Crippen molar-refractivity contribution >= 4 is 23.3 Å². The van der Waals surface area contributed by atoms with Crippen molar-refractivity contribution in [2.24, 2.45) is 0 Å². The maximum absolute atomic E-state index is 5.83. The lowest BCUT2D eigenvalue weighted by Gasteiger charge is -2.23. The molecule has 7 nitrogen and oxygen atoms in total. The Morgan fingerprint density at radius 1 is 1.27 bits per heavy atom. The first-order valence-electron chi connectivity index (χ1n) is 7.11. The van der Waals surface area contributed by atoms with Crippen molar-refractivity contribution in [2.75, 3.05) is 36.8 Å². The molecule has 1 aromatic heterocycles. The van der Waals surface area contributed by atoms with Crippen LogP contribution in [0.4, 0.5) is 23.3 Å². The van der Waals surface area contributed by atoms with Gasteiger partial charge in [-0.25, -0.2) is 0 Å². The normalized spacial score (nSPS) is 12.3. The molecule has 0 amide bonds. The zero-order valence-corrected chi connectivity index (χ0v) is 12.9. The van der Waals surface area contributed by atoms with Crippen molar-refractivity contribution in [3.8, 4) is 11.5 Å². The van der Waals surface area contributed by atoms with Crippen LogP contribution in [0.25, 0.3) is 0 Å².